The molecule has 1 amide bonds. The van der Waals surface area contributed by atoms with E-state index in [1.807, 2.05) is 18.2 Å². The number of amides is 1. The van der Waals surface area contributed by atoms with Gasteiger partial charge in [0.05, 0.1) is 24.1 Å². The Hall–Kier alpha value is -2.83. The smallest absolute Gasteiger partial charge is 0.212 e. The second kappa shape index (κ2) is 6.95. The normalized spacial score (nSPS) is 13.8. The maximum absolute atomic E-state index is 9.87. The Kier molecular flexibility index (Phi) is 4.56. The van der Waals surface area contributed by atoms with Crippen molar-refractivity contribution in [1.29, 1.82) is 0 Å². The molecule has 1 fully saturated rings. The third-order valence-electron chi connectivity index (χ3n) is 3.79. The number of rotatable bonds is 4. The lowest BCUT2D eigenvalue weighted by Crippen LogP contribution is -2.24. The molecule has 23 heavy (non-hydrogen) atoms. The van der Waals surface area contributed by atoms with Gasteiger partial charge in [0.15, 0.2) is 0 Å². The summed E-state index contributed by atoms with van der Waals surface area (Å²) in [6.07, 6.45) is 8.02. The quantitative estimate of drug-likeness (QED) is 0.725. The summed E-state index contributed by atoms with van der Waals surface area (Å²) in [6.45, 7) is 0. The van der Waals surface area contributed by atoms with E-state index < -0.39 is 0 Å². The van der Waals surface area contributed by atoms with Gasteiger partial charge >= 0.3 is 0 Å². The molecule has 2 heterocycles. The van der Waals surface area contributed by atoms with Crippen LogP contribution in [-0.2, 0) is 11.8 Å². The maximum Gasteiger partial charge on any atom is 0.212 e. The van der Waals surface area contributed by atoms with Crippen molar-refractivity contribution in [3.8, 4) is 5.75 Å². The van der Waals surface area contributed by atoms with Crippen LogP contribution in [0.2, 0.25) is 0 Å². The number of carbonyl (C=O) groups is 1. The third-order valence-corrected chi connectivity index (χ3v) is 3.79. The van der Waals surface area contributed by atoms with Crippen LogP contribution in [0, 0.1) is 0 Å². The zero-order valence-electron chi connectivity index (χ0n) is 12.9. The highest BCUT2D eigenvalue weighted by Gasteiger charge is 2.20. The summed E-state index contributed by atoms with van der Waals surface area (Å²) in [6, 6.07) is 7.71. The average Bonchev–Trinajstić information content (AvgIpc) is 3.14. The summed E-state index contributed by atoms with van der Waals surface area (Å²) < 4.78 is 7.42. The van der Waals surface area contributed by atoms with E-state index in [9.17, 15) is 4.79 Å². The maximum atomic E-state index is 9.87. The number of H-pyrrole nitrogens is 1. The van der Waals surface area contributed by atoms with Gasteiger partial charge in [0.25, 0.3) is 0 Å². The Balaban J connectivity index is 0.000000151. The molecule has 1 aromatic carbocycles. The number of para-hydroxylation sites is 1. The van der Waals surface area contributed by atoms with Crippen LogP contribution in [-0.4, -0.2) is 32.3 Å². The van der Waals surface area contributed by atoms with Crippen molar-refractivity contribution in [3.63, 3.8) is 0 Å². The number of aryl methyl sites for hydroxylation is 1. The molecule has 0 bridgehead atoms. The first-order valence-corrected chi connectivity index (χ1v) is 7.55. The minimum atomic E-state index is 0.414. The molecule has 2 N–H and O–H groups in total. The molecule has 0 spiro atoms. The number of carbonyl (C=O) groups excluding carboxylic acids is 1. The monoisotopic (exact) mass is 313 g/mol. The molecule has 4 rings (SSSR count). The van der Waals surface area contributed by atoms with E-state index in [0.29, 0.717) is 18.3 Å². The summed E-state index contributed by atoms with van der Waals surface area (Å²) >= 11 is 0. The average molecular weight is 313 g/mol. The van der Waals surface area contributed by atoms with Gasteiger partial charge < -0.3 is 15.0 Å². The van der Waals surface area contributed by atoms with Crippen molar-refractivity contribution in [2.45, 2.75) is 25.4 Å². The van der Waals surface area contributed by atoms with Crippen molar-refractivity contribution >= 4 is 23.3 Å². The summed E-state index contributed by atoms with van der Waals surface area (Å²) in [4.78, 5) is 17.2. The van der Waals surface area contributed by atoms with Crippen LogP contribution < -0.4 is 10.1 Å². The zero-order valence-corrected chi connectivity index (χ0v) is 12.9. The number of hydrogen-bond donors (Lipinski definition) is 2. The molecule has 2 aromatic heterocycles. The highest BCUT2D eigenvalue weighted by atomic mass is 16.5. The predicted molar refractivity (Wildman–Crippen MR) is 87.3 cm³/mol. The van der Waals surface area contributed by atoms with Gasteiger partial charge in [0.1, 0.15) is 17.1 Å². The molecule has 0 aliphatic heterocycles. The van der Waals surface area contributed by atoms with Crippen molar-refractivity contribution < 1.29 is 9.53 Å². The van der Waals surface area contributed by atoms with E-state index in [2.05, 4.69) is 20.4 Å². The topological polar surface area (TPSA) is 84.8 Å². The van der Waals surface area contributed by atoms with Crippen molar-refractivity contribution in [2.75, 3.05) is 5.32 Å². The number of ether oxygens (including phenoxy) is 1. The molecule has 120 valence electrons. The Morgan fingerprint density at radius 2 is 2.26 bits per heavy atom. The third kappa shape index (κ3) is 3.50. The lowest BCUT2D eigenvalue weighted by atomic mass is 9.96. The first-order valence-electron chi connectivity index (χ1n) is 7.55. The molecule has 1 aliphatic carbocycles. The fourth-order valence-corrected chi connectivity index (χ4v) is 2.28. The molecule has 1 aliphatic rings. The van der Waals surface area contributed by atoms with Crippen LogP contribution >= 0.6 is 0 Å². The van der Waals surface area contributed by atoms with Gasteiger partial charge in [-0.05, 0) is 31.4 Å². The Morgan fingerprint density at radius 3 is 2.91 bits per heavy atom. The van der Waals surface area contributed by atoms with Gasteiger partial charge in [-0.3, -0.25) is 9.48 Å². The van der Waals surface area contributed by atoms with Crippen LogP contribution in [0.5, 0.6) is 5.75 Å². The molecule has 0 atom stereocenters. The SMILES string of the molecule is Cn1nccc1NC=O.c1cc(OC2CCC2)c2nc[nH]c2c1. The molecule has 0 unspecified atom stereocenters. The Bertz CT molecular complexity index is 775. The van der Waals surface area contributed by atoms with Gasteiger partial charge in [0.2, 0.25) is 6.41 Å². The van der Waals surface area contributed by atoms with Crippen LogP contribution in [0.25, 0.3) is 11.0 Å². The number of benzene rings is 1. The second-order valence-electron chi connectivity index (χ2n) is 5.33. The molecule has 3 aromatic rings. The van der Waals surface area contributed by atoms with E-state index in [-0.39, 0.29) is 0 Å². The summed E-state index contributed by atoms with van der Waals surface area (Å²) in [5.74, 6) is 1.61. The number of fused-ring (bicyclic) bond motifs is 1. The zero-order chi connectivity index (χ0) is 16.1. The molecular weight excluding hydrogens is 294 g/mol. The lowest BCUT2D eigenvalue weighted by Gasteiger charge is -2.26. The minimum absolute atomic E-state index is 0.414. The molecule has 7 nitrogen and oxygen atoms in total. The van der Waals surface area contributed by atoms with Gasteiger partial charge in [-0.1, -0.05) is 6.07 Å². The van der Waals surface area contributed by atoms with Crippen molar-refractivity contribution in [3.05, 3.63) is 36.8 Å². The molecule has 7 heteroatoms. The Labute approximate surface area is 133 Å². The first kappa shape index (κ1) is 15.1. The molecule has 0 saturated heterocycles. The van der Waals surface area contributed by atoms with Crippen LogP contribution in [0.15, 0.2) is 36.8 Å². The predicted octanol–water partition coefficient (Wildman–Crippen LogP) is 2.48. The molecule has 1 saturated carbocycles. The van der Waals surface area contributed by atoms with Crippen molar-refractivity contribution in [1.82, 2.24) is 19.7 Å². The lowest BCUT2D eigenvalue weighted by molar-refractivity contribution is -0.105. The standard InChI is InChI=1S/C11H12N2O.C5H7N3O/c1-3-8(4-1)14-10-6-2-5-9-11(10)13-7-12-9;1-8-5(6-4-9)2-3-7-8/h2,5-8H,1,3-4H2,(H,12,13);2-4H,1H3,(H,6,9). The van der Waals surface area contributed by atoms with Crippen molar-refractivity contribution in [2.24, 2.45) is 7.05 Å². The molecular formula is C16H19N5O2. The number of aromatic amines is 1. The van der Waals surface area contributed by atoms with Gasteiger partial charge in [-0.15, -0.1) is 0 Å². The van der Waals surface area contributed by atoms with Crippen LogP contribution in [0.1, 0.15) is 19.3 Å². The number of imidazole rings is 1. The van der Waals surface area contributed by atoms with E-state index in [1.54, 1.807) is 30.3 Å². The highest BCUT2D eigenvalue weighted by Crippen LogP contribution is 2.29. The number of anilines is 1. The van der Waals surface area contributed by atoms with Gasteiger partial charge in [0, 0.05) is 13.1 Å². The highest BCUT2D eigenvalue weighted by molar-refractivity contribution is 5.81. The fourth-order valence-electron chi connectivity index (χ4n) is 2.28. The summed E-state index contributed by atoms with van der Waals surface area (Å²) in [7, 11) is 1.76. The van der Waals surface area contributed by atoms with Crippen LogP contribution in [0.4, 0.5) is 5.82 Å². The number of nitrogens with one attached hydrogen (secondary N) is 2. The number of nitrogens with zero attached hydrogens (tertiary/aromatic N) is 3. The molecule has 0 radical (unpaired) electrons. The number of hydrogen-bond acceptors (Lipinski definition) is 4. The number of aromatic nitrogens is 4. The van der Waals surface area contributed by atoms with Gasteiger partial charge in [-0.2, -0.15) is 5.10 Å². The van der Waals surface area contributed by atoms with Crippen LogP contribution in [0.3, 0.4) is 0 Å². The first-order chi connectivity index (χ1) is 11.3. The minimum Gasteiger partial charge on any atom is -0.488 e. The summed E-state index contributed by atoms with van der Waals surface area (Å²) in [5, 5.41) is 6.31. The largest absolute Gasteiger partial charge is 0.488 e. The van der Waals surface area contributed by atoms with Gasteiger partial charge in [-0.25, -0.2) is 4.98 Å². The van der Waals surface area contributed by atoms with E-state index in [0.717, 1.165) is 16.8 Å². The fraction of sp³-hybridized carbons (Fsp3) is 0.312. The van der Waals surface area contributed by atoms with E-state index in [1.165, 1.54) is 19.3 Å². The van der Waals surface area contributed by atoms with E-state index >= 15 is 0 Å². The van der Waals surface area contributed by atoms with E-state index in [4.69, 9.17) is 4.74 Å². The summed E-state index contributed by atoms with van der Waals surface area (Å²) in [5.41, 5.74) is 1.99. The Morgan fingerprint density at radius 1 is 1.39 bits per heavy atom. The second-order valence-corrected chi connectivity index (χ2v) is 5.33.